The highest BCUT2D eigenvalue weighted by Gasteiger charge is 2.37. The average molecular weight is 329 g/mol. The van der Waals surface area contributed by atoms with E-state index in [0.29, 0.717) is 0 Å². The van der Waals surface area contributed by atoms with Crippen molar-refractivity contribution in [3.63, 3.8) is 0 Å². The van der Waals surface area contributed by atoms with E-state index in [0.717, 1.165) is 50.3 Å². The van der Waals surface area contributed by atoms with Gasteiger partial charge in [0.25, 0.3) is 0 Å². The summed E-state index contributed by atoms with van der Waals surface area (Å²) in [5.74, 6) is 0. The Balaban J connectivity index is 1.56. The number of hydrogen-bond acceptors (Lipinski definition) is 3. The fourth-order valence-corrected chi connectivity index (χ4v) is 4.58. The standard InChI is InChI=1S/C15H21ClN2O2S/c16-13-5-3-12(4-6-13)10-18-9-1-2-14(11-18)17-21(19,20)15-7-8-15/h3-6,14-15,17H,1-2,7-11H2/t14-/m0/s1. The van der Waals surface area contributed by atoms with E-state index in [4.69, 9.17) is 11.6 Å². The monoisotopic (exact) mass is 328 g/mol. The maximum atomic E-state index is 12.0. The summed E-state index contributed by atoms with van der Waals surface area (Å²) in [5.41, 5.74) is 1.21. The van der Waals surface area contributed by atoms with Gasteiger partial charge in [0.15, 0.2) is 0 Å². The van der Waals surface area contributed by atoms with Gasteiger partial charge in [-0.1, -0.05) is 23.7 Å². The number of benzene rings is 1. The molecule has 1 aliphatic carbocycles. The third-order valence-electron chi connectivity index (χ3n) is 4.12. The third kappa shape index (κ3) is 4.19. The molecule has 1 saturated heterocycles. The van der Waals surface area contributed by atoms with Crippen LogP contribution >= 0.6 is 11.6 Å². The number of likely N-dealkylation sites (tertiary alicyclic amines) is 1. The lowest BCUT2D eigenvalue weighted by molar-refractivity contribution is 0.194. The number of halogens is 1. The van der Waals surface area contributed by atoms with Crippen LogP contribution in [0, 0.1) is 0 Å². The molecule has 1 aromatic rings. The van der Waals surface area contributed by atoms with Gasteiger partial charge in [-0.25, -0.2) is 13.1 Å². The van der Waals surface area contributed by atoms with Gasteiger partial charge in [0.05, 0.1) is 5.25 Å². The van der Waals surface area contributed by atoms with E-state index < -0.39 is 10.0 Å². The summed E-state index contributed by atoms with van der Waals surface area (Å²) in [6.45, 7) is 2.65. The van der Waals surface area contributed by atoms with Crippen LogP contribution in [0.4, 0.5) is 0 Å². The Kier molecular flexibility index (Phi) is 4.54. The molecule has 0 unspecified atom stereocenters. The van der Waals surface area contributed by atoms with E-state index in [9.17, 15) is 8.42 Å². The molecule has 0 aromatic heterocycles. The quantitative estimate of drug-likeness (QED) is 0.903. The normalized spacial score (nSPS) is 24.1. The van der Waals surface area contributed by atoms with E-state index in [1.165, 1.54) is 5.56 Å². The molecule has 1 aliphatic heterocycles. The molecule has 2 aliphatic rings. The molecule has 0 spiro atoms. The molecule has 1 N–H and O–H groups in total. The van der Waals surface area contributed by atoms with Crippen molar-refractivity contribution in [2.24, 2.45) is 0 Å². The number of piperidine rings is 1. The Morgan fingerprint density at radius 3 is 2.57 bits per heavy atom. The van der Waals surface area contributed by atoms with Crippen LogP contribution < -0.4 is 4.72 Å². The highest BCUT2D eigenvalue weighted by atomic mass is 35.5. The van der Waals surface area contributed by atoms with Crippen LogP contribution in [0.1, 0.15) is 31.2 Å². The van der Waals surface area contributed by atoms with Crippen LogP contribution in [0.25, 0.3) is 0 Å². The minimum atomic E-state index is -3.08. The molecule has 0 bridgehead atoms. The van der Waals surface area contributed by atoms with Crippen LogP contribution in [0.5, 0.6) is 0 Å². The van der Waals surface area contributed by atoms with Crippen molar-refractivity contribution in [1.82, 2.24) is 9.62 Å². The highest BCUT2D eigenvalue weighted by molar-refractivity contribution is 7.90. The predicted octanol–water partition coefficient (Wildman–Crippen LogP) is 2.39. The van der Waals surface area contributed by atoms with Crippen molar-refractivity contribution in [2.45, 2.75) is 43.5 Å². The summed E-state index contributed by atoms with van der Waals surface area (Å²) >= 11 is 5.90. The first-order valence-corrected chi connectivity index (χ1v) is 9.43. The van der Waals surface area contributed by atoms with Crippen molar-refractivity contribution in [3.8, 4) is 0 Å². The Morgan fingerprint density at radius 2 is 1.90 bits per heavy atom. The lowest BCUT2D eigenvalue weighted by Gasteiger charge is -2.33. The lowest BCUT2D eigenvalue weighted by atomic mass is 10.1. The maximum absolute atomic E-state index is 12.0. The smallest absolute Gasteiger partial charge is 0.214 e. The van der Waals surface area contributed by atoms with Crippen LogP contribution in [0.15, 0.2) is 24.3 Å². The summed E-state index contributed by atoms with van der Waals surface area (Å²) < 4.78 is 26.9. The van der Waals surface area contributed by atoms with Gasteiger partial charge in [-0.3, -0.25) is 4.90 Å². The minimum Gasteiger partial charge on any atom is -0.298 e. The van der Waals surface area contributed by atoms with Gasteiger partial charge in [0, 0.05) is 24.2 Å². The fraction of sp³-hybridized carbons (Fsp3) is 0.600. The van der Waals surface area contributed by atoms with Gasteiger partial charge in [0.1, 0.15) is 0 Å². The van der Waals surface area contributed by atoms with E-state index in [1.54, 1.807) is 0 Å². The number of rotatable bonds is 5. The molecule has 116 valence electrons. The van der Waals surface area contributed by atoms with Gasteiger partial charge in [-0.15, -0.1) is 0 Å². The Hall–Kier alpha value is -0.620. The lowest BCUT2D eigenvalue weighted by Crippen LogP contribution is -2.48. The van der Waals surface area contributed by atoms with Gasteiger partial charge in [-0.05, 0) is 49.9 Å². The van der Waals surface area contributed by atoms with E-state index in [1.807, 2.05) is 24.3 Å². The first kappa shape index (κ1) is 15.3. The molecule has 0 amide bonds. The first-order chi connectivity index (χ1) is 10.0. The van der Waals surface area contributed by atoms with Gasteiger partial charge in [-0.2, -0.15) is 0 Å². The van der Waals surface area contributed by atoms with Crippen molar-refractivity contribution >= 4 is 21.6 Å². The molecule has 6 heteroatoms. The van der Waals surface area contributed by atoms with Gasteiger partial charge in [0.2, 0.25) is 10.0 Å². The molecule has 0 radical (unpaired) electrons. The van der Waals surface area contributed by atoms with E-state index in [-0.39, 0.29) is 11.3 Å². The Morgan fingerprint density at radius 1 is 1.19 bits per heavy atom. The van der Waals surface area contributed by atoms with Gasteiger partial charge >= 0.3 is 0 Å². The van der Waals surface area contributed by atoms with Crippen molar-refractivity contribution < 1.29 is 8.42 Å². The molecule has 3 rings (SSSR count). The SMILES string of the molecule is O=S(=O)(N[C@H]1CCCN(Cc2ccc(Cl)cc2)C1)C1CC1. The second kappa shape index (κ2) is 6.24. The van der Waals surface area contributed by atoms with Gasteiger partial charge < -0.3 is 0 Å². The largest absolute Gasteiger partial charge is 0.298 e. The zero-order valence-corrected chi connectivity index (χ0v) is 13.5. The number of sulfonamides is 1. The molecular formula is C15H21ClN2O2S. The zero-order chi connectivity index (χ0) is 14.9. The molecule has 2 fully saturated rings. The van der Waals surface area contributed by atoms with E-state index in [2.05, 4.69) is 9.62 Å². The maximum Gasteiger partial charge on any atom is 0.214 e. The topological polar surface area (TPSA) is 49.4 Å². The molecule has 1 saturated carbocycles. The fourth-order valence-electron chi connectivity index (χ4n) is 2.85. The summed E-state index contributed by atoms with van der Waals surface area (Å²) in [4.78, 5) is 2.31. The summed E-state index contributed by atoms with van der Waals surface area (Å²) in [6.07, 6.45) is 3.60. The van der Waals surface area contributed by atoms with Crippen molar-refractivity contribution in [2.75, 3.05) is 13.1 Å². The number of hydrogen-bond donors (Lipinski definition) is 1. The molecular weight excluding hydrogens is 308 g/mol. The molecule has 4 nitrogen and oxygen atoms in total. The van der Waals surface area contributed by atoms with Crippen molar-refractivity contribution in [1.29, 1.82) is 0 Å². The number of nitrogens with zero attached hydrogens (tertiary/aromatic N) is 1. The van der Waals surface area contributed by atoms with Crippen LogP contribution in [-0.4, -0.2) is 37.7 Å². The molecule has 1 aromatic carbocycles. The Labute approximate surface area is 131 Å². The van der Waals surface area contributed by atoms with E-state index >= 15 is 0 Å². The molecule has 1 atom stereocenters. The second-order valence-electron chi connectivity index (χ2n) is 6.06. The Bertz CT molecular complexity index is 584. The predicted molar refractivity (Wildman–Crippen MR) is 84.8 cm³/mol. The summed E-state index contributed by atoms with van der Waals surface area (Å²) in [6, 6.07) is 7.90. The molecule has 21 heavy (non-hydrogen) atoms. The summed E-state index contributed by atoms with van der Waals surface area (Å²) in [7, 11) is -3.08. The van der Waals surface area contributed by atoms with Crippen molar-refractivity contribution in [3.05, 3.63) is 34.9 Å². The van der Waals surface area contributed by atoms with Crippen LogP contribution in [-0.2, 0) is 16.6 Å². The first-order valence-electron chi connectivity index (χ1n) is 7.51. The average Bonchev–Trinajstić information content (AvgIpc) is 3.26. The third-order valence-corrected chi connectivity index (χ3v) is 6.38. The second-order valence-corrected chi connectivity index (χ2v) is 8.49. The molecule has 1 heterocycles. The number of nitrogens with one attached hydrogen (secondary N) is 1. The van der Waals surface area contributed by atoms with Crippen LogP contribution in [0.3, 0.4) is 0 Å². The summed E-state index contributed by atoms with van der Waals surface area (Å²) in [5, 5.41) is 0.608. The minimum absolute atomic E-state index is 0.0525. The zero-order valence-electron chi connectivity index (χ0n) is 12.0. The highest BCUT2D eigenvalue weighted by Crippen LogP contribution is 2.28. The van der Waals surface area contributed by atoms with Crippen LogP contribution in [0.2, 0.25) is 5.02 Å².